The van der Waals surface area contributed by atoms with E-state index >= 15 is 0 Å². The Kier molecular flexibility index (Phi) is 8.32. The van der Waals surface area contributed by atoms with Crippen LogP contribution in [0.2, 0.25) is 0 Å². The van der Waals surface area contributed by atoms with Crippen LogP contribution in [0.4, 0.5) is 9.59 Å². The standard InChI is InChI=1S/C22H34N2O5/c1-16-8-6-9-17(14-16)19(28-13-11-23-20(25)27-5)18-10-7-12-24(15-18)21(26)29-22(2,3)4/h6,8-9,14,18-19H,7,10-13,15H2,1-5H3,(H,23,25). The predicted molar refractivity (Wildman–Crippen MR) is 111 cm³/mol. The molecule has 1 aromatic rings. The predicted octanol–water partition coefficient (Wildman–Crippen LogP) is 4.06. The van der Waals surface area contributed by atoms with E-state index < -0.39 is 11.7 Å². The summed E-state index contributed by atoms with van der Waals surface area (Å²) in [5.41, 5.74) is 1.72. The molecule has 29 heavy (non-hydrogen) atoms. The number of amides is 2. The number of aryl methyl sites for hydroxylation is 1. The van der Waals surface area contributed by atoms with E-state index in [-0.39, 0.29) is 18.1 Å². The van der Waals surface area contributed by atoms with Crippen molar-refractivity contribution in [3.05, 3.63) is 35.4 Å². The van der Waals surface area contributed by atoms with Crippen LogP contribution in [0.5, 0.6) is 0 Å². The lowest BCUT2D eigenvalue weighted by molar-refractivity contribution is -0.0246. The van der Waals surface area contributed by atoms with Gasteiger partial charge in [0.25, 0.3) is 0 Å². The molecule has 7 nitrogen and oxygen atoms in total. The summed E-state index contributed by atoms with van der Waals surface area (Å²) in [4.78, 5) is 25.6. The normalized spacial score (nSPS) is 18.1. The third-order valence-corrected chi connectivity index (χ3v) is 4.76. The highest BCUT2D eigenvalue weighted by Crippen LogP contribution is 2.33. The molecule has 1 aromatic carbocycles. The average Bonchev–Trinajstić information content (AvgIpc) is 2.66. The fraction of sp³-hybridized carbons (Fsp3) is 0.636. The molecule has 1 aliphatic heterocycles. The molecule has 0 aliphatic carbocycles. The highest BCUT2D eigenvalue weighted by Gasteiger charge is 2.33. The number of carbonyl (C=O) groups is 2. The molecule has 1 heterocycles. The first-order valence-electron chi connectivity index (χ1n) is 10.2. The number of ether oxygens (including phenoxy) is 3. The number of rotatable bonds is 6. The summed E-state index contributed by atoms with van der Waals surface area (Å²) in [7, 11) is 1.33. The van der Waals surface area contributed by atoms with Crippen molar-refractivity contribution < 1.29 is 23.8 Å². The van der Waals surface area contributed by atoms with Crippen LogP contribution < -0.4 is 5.32 Å². The zero-order valence-corrected chi connectivity index (χ0v) is 18.2. The summed E-state index contributed by atoms with van der Waals surface area (Å²) in [6.45, 7) is 9.66. The Morgan fingerprint density at radius 3 is 2.72 bits per heavy atom. The minimum absolute atomic E-state index is 0.149. The van der Waals surface area contributed by atoms with E-state index in [1.54, 1.807) is 4.90 Å². The molecule has 1 saturated heterocycles. The van der Waals surface area contributed by atoms with E-state index in [4.69, 9.17) is 9.47 Å². The number of alkyl carbamates (subject to hydrolysis) is 1. The van der Waals surface area contributed by atoms with Crippen molar-refractivity contribution in [2.45, 2.75) is 52.2 Å². The van der Waals surface area contributed by atoms with Crippen LogP contribution in [-0.2, 0) is 14.2 Å². The summed E-state index contributed by atoms with van der Waals surface area (Å²) in [6, 6.07) is 8.23. The lowest BCUT2D eigenvalue weighted by atomic mass is 9.88. The third kappa shape index (κ3) is 7.57. The van der Waals surface area contributed by atoms with Crippen molar-refractivity contribution in [1.29, 1.82) is 0 Å². The van der Waals surface area contributed by atoms with Crippen LogP contribution in [0.3, 0.4) is 0 Å². The maximum absolute atomic E-state index is 12.5. The summed E-state index contributed by atoms with van der Waals surface area (Å²) in [6.07, 6.45) is 0.935. The molecule has 0 bridgehead atoms. The fourth-order valence-corrected chi connectivity index (χ4v) is 3.51. The number of piperidine rings is 1. The van der Waals surface area contributed by atoms with E-state index in [2.05, 4.69) is 22.2 Å². The van der Waals surface area contributed by atoms with E-state index in [1.165, 1.54) is 7.11 Å². The smallest absolute Gasteiger partial charge is 0.410 e. The van der Waals surface area contributed by atoms with Crippen molar-refractivity contribution in [3.8, 4) is 0 Å². The van der Waals surface area contributed by atoms with Crippen molar-refractivity contribution in [2.75, 3.05) is 33.4 Å². The van der Waals surface area contributed by atoms with Crippen molar-refractivity contribution >= 4 is 12.2 Å². The van der Waals surface area contributed by atoms with Gasteiger partial charge in [0.1, 0.15) is 5.60 Å². The highest BCUT2D eigenvalue weighted by atomic mass is 16.6. The van der Waals surface area contributed by atoms with Gasteiger partial charge in [0.2, 0.25) is 0 Å². The van der Waals surface area contributed by atoms with Crippen LogP contribution >= 0.6 is 0 Å². The number of methoxy groups -OCH3 is 1. The minimum atomic E-state index is -0.518. The molecular formula is C22H34N2O5. The largest absolute Gasteiger partial charge is 0.453 e. The zero-order chi connectivity index (χ0) is 21.4. The van der Waals surface area contributed by atoms with Gasteiger partial charge in [0, 0.05) is 25.6 Å². The Bertz CT molecular complexity index is 686. The molecule has 2 unspecified atom stereocenters. The van der Waals surface area contributed by atoms with E-state index in [0.717, 1.165) is 24.0 Å². The van der Waals surface area contributed by atoms with Crippen molar-refractivity contribution in [3.63, 3.8) is 0 Å². The highest BCUT2D eigenvalue weighted by molar-refractivity contribution is 5.68. The molecule has 1 aliphatic rings. The molecular weight excluding hydrogens is 372 g/mol. The molecule has 0 saturated carbocycles. The Morgan fingerprint density at radius 1 is 1.31 bits per heavy atom. The molecule has 0 radical (unpaired) electrons. The summed E-state index contributed by atoms with van der Waals surface area (Å²) < 4.78 is 16.3. The van der Waals surface area contributed by atoms with Gasteiger partial charge in [-0.25, -0.2) is 9.59 Å². The van der Waals surface area contributed by atoms with Crippen LogP contribution in [0.15, 0.2) is 24.3 Å². The quantitative estimate of drug-likeness (QED) is 0.721. The first-order chi connectivity index (χ1) is 13.7. The number of carbonyl (C=O) groups excluding carboxylic acids is 2. The van der Waals surface area contributed by atoms with Gasteiger partial charge in [0.15, 0.2) is 0 Å². The van der Waals surface area contributed by atoms with E-state index in [0.29, 0.717) is 26.2 Å². The number of likely N-dealkylation sites (tertiary alicyclic amines) is 1. The number of hydrogen-bond acceptors (Lipinski definition) is 5. The molecule has 1 N–H and O–H groups in total. The van der Waals surface area contributed by atoms with Gasteiger partial charge in [-0.05, 0) is 46.1 Å². The average molecular weight is 407 g/mol. The maximum Gasteiger partial charge on any atom is 0.410 e. The van der Waals surface area contributed by atoms with E-state index in [1.807, 2.05) is 39.8 Å². The second-order valence-electron chi connectivity index (χ2n) is 8.45. The Morgan fingerprint density at radius 2 is 2.07 bits per heavy atom. The first-order valence-corrected chi connectivity index (χ1v) is 10.2. The Labute approximate surface area is 173 Å². The van der Waals surface area contributed by atoms with Gasteiger partial charge in [-0.3, -0.25) is 0 Å². The molecule has 0 aromatic heterocycles. The zero-order valence-electron chi connectivity index (χ0n) is 18.2. The number of nitrogens with zero attached hydrogens (tertiary/aromatic N) is 1. The first kappa shape index (κ1) is 23.0. The van der Waals surface area contributed by atoms with Crippen LogP contribution in [0, 0.1) is 12.8 Å². The lowest BCUT2D eigenvalue weighted by Gasteiger charge is -2.37. The number of nitrogens with one attached hydrogen (secondary N) is 1. The van der Waals surface area contributed by atoms with Crippen molar-refractivity contribution in [1.82, 2.24) is 10.2 Å². The van der Waals surface area contributed by atoms with Gasteiger partial charge in [-0.1, -0.05) is 29.8 Å². The second-order valence-corrected chi connectivity index (χ2v) is 8.45. The molecule has 1 fully saturated rings. The SMILES string of the molecule is COC(=O)NCCOC(c1cccc(C)c1)C1CCCN(C(=O)OC(C)(C)C)C1. The van der Waals surface area contributed by atoms with Crippen LogP contribution in [0.25, 0.3) is 0 Å². The third-order valence-electron chi connectivity index (χ3n) is 4.76. The lowest BCUT2D eigenvalue weighted by Crippen LogP contribution is -2.44. The summed E-state index contributed by atoms with van der Waals surface area (Å²) in [5.74, 6) is 0.149. The molecule has 162 valence electrons. The number of hydrogen-bond donors (Lipinski definition) is 1. The van der Waals surface area contributed by atoms with Crippen molar-refractivity contribution in [2.24, 2.45) is 5.92 Å². The molecule has 0 spiro atoms. The molecule has 7 heteroatoms. The van der Waals surface area contributed by atoms with Crippen LogP contribution in [-0.4, -0.2) is 56.0 Å². The van der Waals surface area contributed by atoms with Gasteiger partial charge in [-0.15, -0.1) is 0 Å². The Hall–Kier alpha value is -2.28. The monoisotopic (exact) mass is 406 g/mol. The van der Waals surface area contributed by atoms with Gasteiger partial charge >= 0.3 is 12.2 Å². The maximum atomic E-state index is 12.5. The van der Waals surface area contributed by atoms with Gasteiger partial charge < -0.3 is 24.4 Å². The Balaban J connectivity index is 2.08. The summed E-state index contributed by atoms with van der Waals surface area (Å²) >= 11 is 0. The molecule has 2 amide bonds. The second kappa shape index (κ2) is 10.5. The van der Waals surface area contributed by atoms with Gasteiger partial charge in [0.05, 0.1) is 19.8 Å². The molecule has 2 rings (SSSR count). The number of benzene rings is 1. The minimum Gasteiger partial charge on any atom is -0.453 e. The summed E-state index contributed by atoms with van der Waals surface area (Å²) in [5, 5.41) is 2.64. The topological polar surface area (TPSA) is 77.1 Å². The fourth-order valence-electron chi connectivity index (χ4n) is 3.51. The molecule has 2 atom stereocenters. The van der Waals surface area contributed by atoms with E-state index in [9.17, 15) is 9.59 Å². The van der Waals surface area contributed by atoms with Gasteiger partial charge in [-0.2, -0.15) is 0 Å². The van der Waals surface area contributed by atoms with Crippen LogP contribution in [0.1, 0.15) is 50.8 Å².